The molecule has 0 saturated carbocycles. The molecule has 1 aromatic carbocycles. The minimum atomic E-state index is -4.79. The fourth-order valence-corrected chi connectivity index (χ4v) is 2.81. The molecule has 0 bridgehead atoms. The SMILES string of the molecule is O=S(=O)(O)c1ccc(Nc2ncnc(Cl)n2)c(S(=O)(=O)O)c1. The summed E-state index contributed by atoms with van der Waals surface area (Å²) < 4.78 is 62.9. The van der Waals surface area contributed by atoms with Crippen molar-refractivity contribution in [2.24, 2.45) is 0 Å². The predicted octanol–water partition coefficient (Wildman–Crippen LogP) is 0.762. The van der Waals surface area contributed by atoms with Crippen LogP contribution in [0.25, 0.3) is 0 Å². The van der Waals surface area contributed by atoms with E-state index in [4.69, 9.17) is 20.7 Å². The summed E-state index contributed by atoms with van der Waals surface area (Å²) in [5, 5.41) is 2.27. The molecule has 13 heteroatoms. The lowest BCUT2D eigenvalue weighted by Crippen LogP contribution is -2.08. The van der Waals surface area contributed by atoms with Gasteiger partial charge < -0.3 is 5.32 Å². The van der Waals surface area contributed by atoms with Gasteiger partial charge in [0.25, 0.3) is 20.2 Å². The van der Waals surface area contributed by atoms with E-state index in [-0.39, 0.29) is 16.9 Å². The van der Waals surface area contributed by atoms with Gasteiger partial charge in [0, 0.05) is 0 Å². The molecule has 0 aliphatic heterocycles. The van der Waals surface area contributed by atoms with E-state index in [1.54, 1.807) is 0 Å². The van der Waals surface area contributed by atoms with Crippen LogP contribution in [0.3, 0.4) is 0 Å². The second kappa shape index (κ2) is 5.73. The van der Waals surface area contributed by atoms with E-state index < -0.39 is 30.0 Å². The van der Waals surface area contributed by atoms with Gasteiger partial charge in [-0.3, -0.25) is 9.11 Å². The average Bonchev–Trinajstić information content (AvgIpc) is 2.36. The van der Waals surface area contributed by atoms with Crippen LogP contribution in [0.5, 0.6) is 0 Å². The van der Waals surface area contributed by atoms with Gasteiger partial charge in [0.2, 0.25) is 11.2 Å². The maximum Gasteiger partial charge on any atom is 0.296 e. The third-order valence-electron chi connectivity index (χ3n) is 2.32. The van der Waals surface area contributed by atoms with Crippen LogP contribution in [0.1, 0.15) is 0 Å². The zero-order valence-electron chi connectivity index (χ0n) is 10.4. The molecule has 1 heterocycles. The number of rotatable bonds is 4. The minimum Gasteiger partial charge on any atom is -0.323 e. The lowest BCUT2D eigenvalue weighted by Gasteiger charge is -2.10. The first-order chi connectivity index (χ1) is 10.1. The van der Waals surface area contributed by atoms with Gasteiger partial charge in [0.15, 0.2) is 0 Å². The molecular formula is C9H7ClN4O6S2. The Morgan fingerprint density at radius 2 is 1.73 bits per heavy atom. The number of anilines is 2. The molecule has 0 aliphatic rings. The van der Waals surface area contributed by atoms with E-state index >= 15 is 0 Å². The number of hydrogen-bond acceptors (Lipinski definition) is 8. The predicted molar refractivity (Wildman–Crippen MR) is 74.2 cm³/mol. The molecule has 2 aromatic rings. The van der Waals surface area contributed by atoms with Crippen molar-refractivity contribution in [2.45, 2.75) is 9.79 Å². The number of hydrogen-bond donors (Lipinski definition) is 3. The van der Waals surface area contributed by atoms with Crippen LogP contribution in [-0.2, 0) is 20.2 Å². The quantitative estimate of drug-likeness (QED) is 0.659. The van der Waals surface area contributed by atoms with Crippen molar-refractivity contribution in [3.63, 3.8) is 0 Å². The molecule has 22 heavy (non-hydrogen) atoms. The Bertz CT molecular complexity index is 931. The third kappa shape index (κ3) is 3.86. The van der Waals surface area contributed by atoms with Crippen LogP contribution in [-0.4, -0.2) is 40.9 Å². The van der Waals surface area contributed by atoms with Gasteiger partial charge >= 0.3 is 0 Å². The molecule has 0 amide bonds. The van der Waals surface area contributed by atoms with E-state index in [0.717, 1.165) is 18.5 Å². The summed E-state index contributed by atoms with van der Waals surface area (Å²) in [7, 11) is -9.44. The zero-order chi connectivity index (χ0) is 16.5. The van der Waals surface area contributed by atoms with Gasteiger partial charge in [-0.1, -0.05) is 0 Å². The van der Waals surface area contributed by atoms with E-state index in [1.807, 2.05) is 0 Å². The van der Waals surface area contributed by atoms with Gasteiger partial charge in [-0.15, -0.1) is 0 Å². The van der Waals surface area contributed by atoms with Crippen LogP contribution in [0, 0.1) is 0 Å². The number of benzene rings is 1. The van der Waals surface area contributed by atoms with Crippen molar-refractivity contribution in [1.29, 1.82) is 0 Å². The fraction of sp³-hybridized carbons (Fsp3) is 0. The Balaban J connectivity index is 2.57. The van der Waals surface area contributed by atoms with Gasteiger partial charge in [0.05, 0.1) is 10.6 Å². The highest BCUT2D eigenvalue weighted by Gasteiger charge is 2.21. The van der Waals surface area contributed by atoms with Crippen LogP contribution in [0.2, 0.25) is 5.28 Å². The number of halogens is 1. The smallest absolute Gasteiger partial charge is 0.296 e. The monoisotopic (exact) mass is 366 g/mol. The summed E-state index contributed by atoms with van der Waals surface area (Å²) in [6.07, 6.45) is 1.05. The van der Waals surface area contributed by atoms with Gasteiger partial charge in [-0.2, -0.15) is 21.8 Å². The molecule has 0 radical (unpaired) electrons. The standard InChI is InChI=1S/C9H7ClN4O6S2/c10-8-11-4-12-9(14-8)13-6-2-1-5(21(15,16)17)3-7(6)22(18,19)20/h1-4H,(H,15,16,17)(H,18,19,20)(H,11,12,13,14). The summed E-state index contributed by atoms with van der Waals surface area (Å²) >= 11 is 5.54. The number of nitrogens with zero attached hydrogens (tertiary/aromatic N) is 3. The van der Waals surface area contributed by atoms with Crippen molar-refractivity contribution < 1.29 is 25.9 Å². The zero-order valence-corrected chi connectivity index (χ0v) is 12.8. The summed E-state index contributed by atoms with van der Waals surface area (Å²) in [6, 6.07) is 2.51. The van der Waals surface area contributed by atoms with Gasteiger partial charge in [0.1, 0.15) is 11.2 Å². The summed E-state index contributed by atoms with van der Waals surface area (Å²) in [4.78, 5) is 9.34. The molecule has 1 aromatic heterocycles. The number of aromatic nitrogens is 3. The highest BCUT2D eigenvalue weighted by Crippen LogP contribution is 2.26. The Morgan fingerprint density at radius 3 is 2.27 bits per heavy atom. The van der Waals surface area contributed by atoms with Crippen molar-refractivity contribution in [3.8, 4) is 0 Å². The minimum absolute atomic E-state index is 0.135. The summed E-state index contributed by atoms with van der Waals surface area (Å²) in [6.45, 7) is 0. The van der Waals surface area contributed by atoms with E-state index in [0.29, 0.717) is 6.07 Å². The van der Waals surface area contributed by atoms with Gasteiger partial charge in [-0.25, -0.2) is 9.97 Å². The van der Waals surface area contributed by atoms with Crippen LogP contribution >= 0.6 is 11.6 Å². The molecule has 118 valence electrons. The molecule has 0 fully saturated rings. The first-order valence-electron chi connectivity index (χ1n) is 5.28. The second-order valence-electron chi connectivity index (χ2n) is 3.81. The Kier molecular flexibility index (Phi) is 4.30. The number of nitrogens with one attached hydrogen (secondary N) is 1. The summed E-state index contributed by atoms with van der Waals surface area (Å²) in [5.41, 5.74) is -0.225. The molecule has 0 unspecified atom stereocenters. The fourth-order valence-electron chi connectivity index (χ4n) is 1.44. The Morgan fingerprint density at radius 1 is 1.05 bits per heavy atom. The van der Waals surface area contributed by atoms with E-state index in [2.05, 4.69) is 20.3 Å². The highest BCUT2D eigenvalue weighted by molar-refractivity contribution is 7.86. The topological polar surface area (TPSA) is 159 Å². The van der Waals surface area contributed by atoms with Crippen LogP contribution < -0.4 is 5.32 Å². The Labute approximate surface area is 129 Å². The third-order valence-corrected chi connectivity index (χ3v) is 4.24. The molecule has 0 saturated heterocycles. The van der Waals surface area contributed by atoms with Crippen molar-refractivity contribution >= 4 is 43.5 Å². The normalized spacial score (nSPS) is 12.1. The highest BCUT2D eigenvalue weighted by atomic mass is 35.5. The largest absolute Gasteiger partial charge is 0.323 e. The maximum absolute atomic E-state index is 11.3. The van der Waals surface area contributed by atoms with E-state index in [1.165, 1.54) is 0 Å². The molecule has 0 aliphatic carbocycles. The summed E-state index contributed by atoms with van der Waals surface area (Å²) in [5.74, 6) is -0.135. The lowest BCUT2D eigenvalue weighted by atomic mass is 10.3. The van der Waals surface area contributed by atoms with Crippen LogP contribution in [0.15, 0.2) is 34.3 Å². The van der Waals surface area contributed by atoms with E-state index in [9.17, 15) is 16.8 Å². The molecule has 0 atom stereocenters. The lowest BCUT2D eigenvalue weighted by molar-refractivity contribution is 0.481. The average molecular weight is 367 g/mol. The Hall–Kier alpha value is -1.86. The van der Waals surface area contributed by atoms with Crippen molar-refractivity contribution in [2.75, 3.05) is 5.32 Å². The molecule has 3 N–H and O–H groups in total. The molecule has 2 rings (SSSR count). The van der Waals surface area contributed by atoms with Gasteiger partial charge in [-0.05, 0) is 29.8 Å². The van der Waals surface area contributed by atoms with Crippen LogP contribution in [0.4, 0.5) is 11.6 Å². The first-order valence-corrected chi connectivity index (χ1v) is 8.54. The van der Waals surface area contributed by atoms with Crippen molar-refractivity contribution in [1.82, 2.24) is 15.0 Å². The maximum atomic E-state index is 11.3. The van der Waals surface area contributed by atoms with Crippen molar-refractivity contribution in [3.05, 3.63) is 29.8 Å². The molecule has 10 nitrogen and oxygen atoms in total. The molecule has 0 spiro atoms. The second-order valence-corrected chi connectivity index (χ2v) is 6.96. The first kappa shape index (κ1) is 16.5. The molecular weight excluding hydrogens is 360 g/mol.